The fourth-order valence-corrected chi connectivity index (χ4v) is 2.03. The molecule has 2 aliphatic heterocycles. The van der Waals surface area contributed by atoms with Crippen LogP contribution in [-0.4, -0.2) is 55.6 Å². The van der Waals surface area contributed by atoms with E-state index >= 15 is 0 Å². The van der Waals surface area contributed by atoms with Crippen molar-refractivity contribution in [2.45, 2.75) is 12.8 Å². The Morgan fingerprint density at radius 2 is 2.33 bits per heavy atom. The third-order valence-electron chi connectivity index (χ3n) is 3.07. The second kappa shape index (κ2) is 4.66. The summed E-state index contributed by atoms with van der Waals surface area (Å²) in [6.07, 6.45) is 4.42. The number of amides is 2. The van der Waals surface area contributed by atoms with Crippen molar-refractivity contribution in [2.75, 3.05) is 39.8 Å². The predicted octanol–water partition coefficient (Wildman–Crippen LogP) is 0.664. The Kier molecular flexibility index (Phi) is 3.26. The quantitative estimate of drug-likeness (QED) is 0.678. The zero-order valence-corrected chi connectivity index (χ0v) is 9.33. The van der Waals surface area contributed by atoms with Crippen LogP contribution >= 0.6 is 0 Å². The first-order chi connectivity index (χ1) is 7.25. The third-order valence-corrected chi connectivity index (χ3v) is 3.07. The number of hydrogen-bond donors (Lipinski definition) is 1. The molecule has 1 saturated heterocycles. The maximum atomic E-state index is 11.5. The number of carbonyl (C=O) groups is 1. The third kappa shape index (κ3) is 2.72. The van der Waals surface area contributed by atoms with Gasteiger partial charge in [-0.3, -0.25) is 0 Å². The van der Waals surface area contributed by atoms with E-state index in [4.69, 9.17) is 0 Å². The lowest BCUT2D eigenvalue weighted by molar-refractivity contribution is 0.190. The lowest BCUT2D eigenvalue weighted by atomic mass is 10.1. The number of rotatable bonds is 2. The van der Waals surface area contributed by atoms with Crippen LogP contribution in [-0.2, 0) is 0 Å². The zero-order chi connectivity index (χ0) is 10.7. The molecule has 1 fully saturated rings. The van der Waals surface area contributed by atoms with Crippen LogP contribution in [0, 0.1) is 0 Å². The molecule has 0 unspecified atom stereocenters. The normalized spacial score (nSPS) is 23.7. The van der Waals surface area contributed by atoms with Gasteiger partial charge in [-0.25, -0.2) is 4.79 Å². The van der Waals surface area contributed by atoms with Crippen molar-refractivity contribution in [1.82, 2.24) is 15.1 Å². The van der Waals surface area contributed by atoms with Crippen molar-refractivity contribution >= 4 is 6.03 Å². The lowest BCUT2D eigenvalue weighted by Crippen LogP contribution is -2.47. The van der Waals surface area contributed by atoms with Crippen molar-refractivity contribution < 1.29 is 4.79 Å². The van der Waals surface area contributed by atoms with Gasteiger partial charge in [0.2, 0.25) is 0 Å². The van der Waals surface area contributed by atoms with Crippen molar-refractivity contribution in [2.24, 2.45) is 0 Å². The molecular weight excluding hydrogens is 190 g/mol. The van der Waals surface area contributed by atoms with Gasteiger partial charge in [0.1, 0.15) is 0 Å². The minimum Gasteiger partial charge on any atom is -0.338 e. The van der Waals surface area contributed by atoms with Crippen LogP contribution in [0.25, 0.3) is 0 Å². The van der Waals surface area contributed by atoms with Crippen LogP contribution in [0.5, 0.6) is 0 Å². The number of carbonyl (C=O) groups excluding carboxylic acids is 1. The minimum atomic E-state index is 0.0982. The van der Waals surface area contributed by atoms with Gasteiger partial charge in [-0.05, 0) is 19.9 Å². The number of urea groups is 1. The molecule has 2 rings (SSSR count). The average Bonchev–Trinajstić information content (AvgIpc) is 2.25. The summed E-state index contributed by atoms with van der Waals surface area (Å²) in [5.74, 6) is 0. The van der Waals surface area contributed by atoms with E-state index in [9.17, 15) is 4.79 Å². The second-order valence-corrected chi connectivity index (χ2v) is 4.38. The molecule has 15 heavy (non-hydrogen) atoms. The second-order valence-electron chi connectivity index (χ2n) is 4.38. The Morgan fingerprint density at radius 1 is 1.47 bits per heavy atom. The number of likely N-dealkylation sites (N-methyl/N-ethyl adjacent to an activating group) is 1. The van der Waals surface area contributed by atoms with E-state index in [1.807, 2.05) is 4.90 Å². The monoisotopic (exact) mass is 209 g/mol. The molecule has 4 heteroatoms. The maximum Gasteiger partial charge on any atom is 0.317 e. The first-order valence-electron chi connectivity index (χ1n) is 5.65. The van der Waals surface area contributed by atoms with Gasteiger partial charge in [0.15, 0.2) is 0 Å². The SMILES string of the molecule is CN1CC=C(CN2CCCNC2=O)CC1. The van der Waals surface area contributed by atoms with Crippen molar-refractivity contribution in [3.05, 3.63) is 11.6 Å². The Morgan fingerprint density at radius 3 is 3.00 bits per heavy atom. The van der Waals surface area contributed by atoms with Crippen LogP contribution < -0.4 is 5.32 Å². The van der Waals surface area contributed by atoms with Crippen LogP contribution in [0.1, 0.15) is 12.8 Å². The summed E-state index contributed by atoms with van der Waals surface area (Å²) < 4.78 is 0. The zero-order valence-electron chi connectivity index (χ0n) is 9.33. The summed E-state index contributed by atoms with van der Waals surface area (Å²) >= 11 is 0. The molecular formula is C11H19N3O. The minimum absolute atomic E-state index is 0.0982. The van der Waals surface area contributed by atoms with Gasteiger partial charge in [0.05, 0.1) is 0 Å². The van der Waals surface area contributed by atoms with Gasteiger partial charge < -0.3 is 15.1 Å². The average molecular weight is 209 g/mol. The van der Waals surface area contributed by atoms with Crippen molar-refractivity contribution in [1.29, 1.82) is 0 Å². The molecule has 2 heterocycles. The van der Waals surface area contributed by atoms with Crippen molar-refractivity contribution in [3.8, 4) is 0 Å². The molecule has 0 atom stereocenters. The molecule has 0 aromatic carbocycles. The molecule has 1 N–H and O–H groups in total. The first kappa shape index (κ1) is 10.5. The fraction of sp³-hybridized carbons (Fsp3) is 0.727. The standard InChI is InChI=1S/C11H19N3O/c1-13-7-3-10(4-8-13)9-14-6-2-5-12-11(14)15/h3H,2,4-9H2,1H3,(H,12,15). The highest BCUT2D eigenvalue weighted by Gasteiger charge is 2.19. The molecule has 0 aromatic heterocycles. The topological polar surface area (TPSA) is 35.6 Å². The molecule has 0 spiro atoms. The Balaban J connectivity index is 1.88. The fourth-order valence-electron chi connectivity index (χ4n) is 2.03. The van der Waals surface area contributed by atoms with Gasteiger partial charge in [-0.15, -0.1) is 0 Å². The molecule has 0 saturated carbocycles. The highest BCUT2D eigenvalue weighted by atomic mass is 16.2. The summed E-state index contributed by atoms with van der Waals surface area (Å²) in [4.78, 5) is 15.7. The Bertz CT molecular complexity index is 275. The molecule has 0 aliphatic carbocycles. The molecule has 0 bridgehead atoms. The highest BCUT2D eigenvalue weighted by Crippen LogP contribution is 2.12. The molecule has 0 radical (unpaired) electrons. The Labute approximate surface area is 90.9 Å². The number of nitrogens with one attached hydrogen (secondary N) is 1. The van der Waals surface area contributed by atoms with Crippen LogP contribution in [0.4, 0.5) is 4.79 Å². The molecule has 0 aromatic rings. The summed E-state index contributed by atoms with van der Waals surface area (Å²) in [5.41, 5.74) is 1.41. The maximum absolute atomic E-state index is 11.5. The molecule has 2 aliphatic rings. The summed E-state index contributed by atoms with van der Waals surface area (Å²) in [7, 11) is 2.13. The van der Waals surface area contributed by atoms with Crippen LogP contribution in [0.15, 0.2) is 11.6 Å². The number of hydrogen-bond acceptors (Lipinski definition) is 2. The predicted molar refractivity (Wildman–Crippen MR) is 59.8 cm³/mol. The summed E-state index contributed by atoms with van der Waals surface area (Å²) in [6, 6.07) is 0.0982. The first-order valence-corrected chi connectivity index (χ1v) is 5.65. The van der Waals surface area contributed by atoms with Gasteiger partial charge in [-0.1, -0.05) is 11.6 Å². The van der Waals surface area contributed by atoms with E-state index in [2.05, 4.69) is 23.3 Å². The number of nitrogens with zero attached hydrogens (tertiary/aromatic N) is 2. The van der Waals surface area contributed by atoms with Crippen LogP contribution in [0.2, 0.25) is 0 Å². The lowest BCUT2D eigenvalue weighted by Gasteiger charge is -2.30. The molecule has 84 valence electrons. The van der Waals surface area contributed by atoms with E-state index in [0.29, 0.717) is 0 Å². The molecule has 2 amide bonds. The van der Waals surface area contributed by atoms with Gasteiger partial charge in [-0.2, -0.15) is 0 Å². The summed E-state index contributed by atoms with van der Waals surface area (Å²) in [6.45, 7) is 4.68. The van der Waals surface area contributed by atoms with E-state index in [-0.39, 0.29) is 6.03 Å². The van der Waals surface area contributed by atoms with Gasteiger partial charge >= 0.3 is 6.03 Å². The van der Waals surface area contributed by atoms with E-state index in [1.165, 1.54) is 5.57 Å². The molecule has 4 nitrogen and oxygen atoms in total. The van der Waals surface area contributed by atoms with Gasteiger partial charge in [0, 0.05) is 32.7 Å². The smallest absolute Gasteiger partial charge is 0.317 e. The van der Waals surface area contributed by atoms with E-state index < -0.39 is 0 Å². The van der Waals surface area contributed by atoms with E-state index in [1.54, 1.807) is 0 Å². The Hall–Kier alpha value is -1.03. The van der Waals surface area contributed by atoms with Crippen molar-refractivity contribution in [3.63, 3.8) is 0 Å². The van der Waals surface area contributed by atoms with Crippen LogP contribution in [0.3, 0.4) is 0 Å². The highest BCUT2D eigenvalue weighted by molar-refractivity contribution is 5.75. The van der Waals surface area contributed by atoms with Gasteiger partial charge in [0.25, 0.3) is 0 Å². The largest absolute Gasteiger partial charge is 0.338 e. The summed E-state index contributed by atoms with van der Waals surface area (Å²) in [5, 5.41) is 2.88. The van der Waals surface area contributed by atoms with E-state index in [0.717, 1.165) is 45.6 Å².